The third-order valence-electron chi connectivity index (χ3n) is 5.69. The number of carboxylic acid groups (broad SMARTS) is 1. The van der Waals surface area contributed by atoms with Gasteiger partial charge < -0.3 is 14.6 Å². The van der Waals surface area contributed by atoms with E-state index in [1.54, 1.807) is 30.3 Å². The van der Waals surface area contributed by atoms with Gasteiger partial charge in [-0.3, -0.25) is 9.10 Å². The van der Waals surface area contributed by atoms with Gasteiger partial charge in [0.15, 0.2) is 0 Å². The summed E-state index contributed by atoms with van der Waals surface area (Å²) in [4.78, 5) is 11.3. The molecule has 8 heteroatoms. The van der Waals surface area contributed by atoms with Crippen molar-refractivity contribution < 1.29 is 27.8 Å². The normalized spacial score (nSPS) is 15.4. The molecular weight excluding hydrogens is 466 g/mol. The number of anilines is 1. The molecule has 0 saturated heterocycles. The van der Waals surface area contributed by atoms with Gasteiger partial charge in [-0.2, -0.15) is 0 Å². The number of carbonyl (C=O) groups is 1. The minimum Gasteiger partial charge on any atom is -0.491 e. The molecule has 184 valence electrons. The fourth-order valence-corrected chi connectivity index (χ4v) is 5.68. The van der Waals surface area contributed by atoms with E-state index in [9.17, 15) is 13.2 Å². The summed E-state index contributed by atoms with van der Waals surface area (Å²) in [5.41, 5.74) is 2.95. The van der Waals surface area contributed by atoms with E-state index in [2.05, 4.69) is 0 Å². The predicted molar refractivity (Wildman–Crippen MR) is 135 cm³/mol. The number of nitrogens with zero attached hydrogens (tertiary/aromatic N) is 1. The Morgan fingerprint density at radius 2 is 1.83 bits per heavy atom. The number of aryl methyl sites for hydroxylation is 1. The molecule has 7 nitrogen and oxygen atoms in total. The Labute approximate surface area is 206 Å². The van der Waals surface area contributed by atoms with Crippen LogP contribution < -0.4 is 13.8 Å². The van der Waals surface area contributed by atoms with Crippen LogP contribution in [0.1, 0.15) is 32.3 Å². The van der Waals surface area contributed by atoms with Gasteiger partial charge in [0.2, 0.25) is 0 Å². The number of fused-ring (bicyclic) bond motifs is 1. The number of hydrogen-bond donors (Lipinski definition) is 1. The van der Waals surface area contributed by atoms with E-state index >= 15 is 0 Å². The molecule has 1 heterocycles. The van der Waals surface area contributed by atoms with Crippen molar-refractivity contribution in [2.45, 2.75) is 50.7 Å². The SMILES string of the molecule is Cc1cccc(S(=O)(=O)N2C[C@H](CCC(=O)O)Oc3ccc(-c4cccc(OC(C)C)c4)cc32)c1. The maximum Gasteiger partial charge on any atom is 0.303 e. The first-order valence-corrected chi connectivity index (χ1v) is 13.0. The molecule has 0 bridgehead atoms. The van der Waals surface area contributed by atoms with Gasteiger partial charge in [0, 0.05) is 6.42 Å². The van der Waals surface area contributed by atoms with E-state index in [-0.39, 0.29) is 30.4 Å². The minimum atomic E-state index is -3.91. The van der Waals surface area contributed by atoms with Crippen LogP contribution >= 0.6 is 0 Å². The molecule has 1 atom stereocenters. The molecule has 1 N–H and O–H groups in total. The molecule has 0 aliphatic carbocycles. The van der Waals surface area contributed by atoms with Gasteiger partial charge in [0.05, 0.1) is 23.2 Å². The highest BCUT2D eigenvalue weighted by molar-refractivity contribution is 7.92. The van der Waals surface area contributed by atoms with Gasteiger partial charge in [-0.1, -0.05) is 30.3 Å². The Morgan fingerprint density at radius 1 is 1.09 bits per heavy atom. The standard InChI is InChI=1S/C27H29NO6S/c1-18(2)33-22-8-5-7-20(15-22)21-10-12-26-25(16-21)28(17-23(34-26)11-13-27(29)30)35(31,32)24-9-4-6-19(3)14-24/h4-10,12,14-16,18,23H,11,13,17H2,1-3H3,(H,29,30)/t23-/m0/s1. The van der Waals surface area contributed by atoms with Crippen molar-refractivity contribution in [2.24, 2.45) is 0 Å². The Bertz CT molecular complexity index is 1340. The van der Waals surface area contributed by atoms with Gasteiger partial charge in [0.1, 0.15) is 17.6 Å². The van der Waals surface area contributed by atoms with E-state index in [0.717, 1.165) is 22.4 Å². The maximum atomic E-state index is 13.7. The van der Waals surface area contributed by atoms with Crippen molar-refractivity contribution in [3.05, 3.63) is 72.3 Å². The predicted octanol–water partition coefficient (Wildman–Crippen LogP) is 5.27. The second-order valence-electron chi connectivity index (χ2n) is 8.90. The molecule has 3 aromatic carbocycles. The fourth-order valence-electron chi connectivity index (χ4n) is 4.08. The lowest BCUT2D eigenvalue weighted by Gasteiger charge is -2.35. The highest BCUT2D eigenvalue weighted by atomic mass is 32.2. The topological polar surface area (TPSA) is 93.1 Å². The quantitative estimate of drug-likeness (QED) is 0.458. The van der Waals surface area contributed by atoms with Gasteiger partial charge in [-0.15, -0.1) is 0 Å². The number of benzene rings is 3. The van der Waals surface area contributed by atoms with E-state index in [1.807, 2.05) is 57.2 Å². The lowest BCUT2D eigenvalue weighted by Crippen LogP contribution is -2.43. The third kappa shape index (κ3) is 5.59. The molecule has 0 saturated carbocycles. The van der Waals surface area contributed by atoms with Crippen LogP contribution in [0.4, 0.5) is 5.69 Å². The molecule has 3 aromatic rings. The molecule has 1 aliphatic heterocycles. The van der Waals surface area contributed by atoms with E-state index in [0.29, 0.717) is 11.4 Å². The summed E-state index contributed by atoms with van der Waals surface area (Å²) in [5.74, 6) is 0.178. The summed E-state index contributed by atoms with van der Waals surface area (Å²) in [6.45, 7) is 5.78. The Hall–Kier alpha value is -3.52. The van der Waals surface area contributed by atoms with Crippen molar-refractivity contribution in [1.29, 1.82) is 0 Å². The second kappa shape index (κ2) is 10.00. The first-order chi connectivity index (χ1) is 16.6. The summed E-state index contributed by atoms with van der Waals surface area (Å²) in [6.07, 6.45) is -0.462. The number of ether oxygens (including phenoxy) is 2. The zero-order chi connectivity index (χ0) is 25.2. The molecule has 0 fully saturated rings. The summed E-state index contributed by atoms with van der Waals surface area (Å²) >= 11 is 0. The van der Waals surface area contributed by atoms with Crippen molar-refractivity contribution in [3.63, 3.8) is 0 Å². The smallest absolute Gasteiger partial charge is 0.303 e. The number of rotatable bonds is 8. The van der Waals surface area contributed by atoms with Crippen molar-refractivity contribution in [1.82, 2.24) is 0 Å². The molecule has 0 unspecified atom stereocenters. The van der Waals surface area contributed by atoms with Crippen molar-refractivity contribution >= 4 is 21.7 Å². The van der Waals surface area contributed by atoms with E-state index in [1.165, 1.54) is 4.31 Å². The summed E-state index contributed by atoms with van der Waals surface area (Å²) in [5, 5.41) is 9.12. The number of carboxylic acids is 1. The molecule has 1 aliphatic rings. The maximum absolute atomic E-state index is 13.7. The Kier molecular flexibility index (Phi) is 7.03. The van der Waals surface area contributed by atoms with Crippen molar-refractivity contribution in [3.8, 4) is 22.6 Å². The molecule has 0 spiro atoms. The lowest BCUT2D eigenvalue weighted by molar-refractivity contribution is -0.137. The highest BCUT2D eigenvalue weighted by Gasteiger charge is 2.35. The summed E-state index contributed by atoms with van der Waals surface area (Å²) in [6, 6.07) is 19.8. The van der Waals surface area contributed by atoms with Crippen LogP contribution in [0, 0.1) is 6.92 Å². The van der Waals surface area contributed by atoms with Crippen molar-refractivity contribution in [2.75, 3.05) is 10.8 Å². The highest BCUT2D eigenvalue weighted by Crippen LogP contribution is 2.41. The lowest BCUT2D eigenvalue weighted by atomic mass is 10.0. The zero-order valence-corrected chi connectivity index (χ0v) is 20.8. The van der Waals surface area contributed by atoms with Gasteiger partial charge in [-0.05, 0) is 80.3 Å². The molecule has 0 aromatic heterocycles. The fraction of sp³-hybridized carbons (Fsp3) is 0.296. The number of hydrogen-bond acceptors (Lipinski definition) is 5. The monoisotopic (exact) mass is 495 g/mol. The number of sulfonamides is 1. The molecule has 0 radical (unpaired) electrons. The van der Waals surface area contributed by atoms with Gasteiger partial charge >= 0.3 is 5.97 Å². The zero-order valence-electron chi connectivity index (χ0n) is 20.0. The van der Waals surface area contributed by atoms with Crippen LogP contribution in [0.3, 0.4) is 0 Å². The largest absolute Gasteiger partial charge is 0.491 e. The number of aliphatic carboxylic acids is 1. The summed E-state index contributed by atoms with van der Waals surface area (Å²) in [7, 11) is -3.91. The van der Waals surface area contributed by atoms with Crippen LogP contribution in [0.5, 0.6) is 11.5 Å². The van der Waals surface area contributed by atoms with Crippen LogP contribution in [0.15, 0.2) is 71.6 Å². The molecule has 4 rings (SSSR count). The first kappa shape index (κ1) is 24.6. The van der Waals surface area contributed by atoms with Gasteiger partial charge in [-0.25, -0.2) is 8.42 Å². The van der Waals surface area contributed by atoms with Crippen LogP contribution in [-0.2, 0) is 14.8 Å². The Balaban J connectivity index is 1.77. The van der Waals surface area contributed by atoms with E-state index < -0.39 is 22.1 Å². The van der Waals surface area contributed by atoms with Gasteiger partial charge in [0.25, 0.3) is 10.0 Å². The van der Waals surface area contributed by atoms with Crippen LogP contribution in [0.2, 0.25) is 0 Å². The third-order valence-corrected chi connectivity index (χ3v) is 7.46. The first-order valence-electron chi connectivity index (χ1n) is 11.5. The minimum absolute atomic E-state index is 0.0243. The molecule has 0 amide bonds. The van der Waals surface area contributed by atoms with Crippen LogP contribution in [0.25, 0.3) is 11.1 Å². The van der Waals surface area contributed by atoms with E-state index in [4.69, 9.17) is 14.6 Å². The second-order valence-corrected chi connectivity index (χ2v) is 10.8. The molecule has 35 heavy (non-hydrogen) atoms. The average Bonchev–Trinajstić information content (AvgIpc) is 2.81. The Morgan fingerprint density at radius 3 is 2.54 bits per heavy atom. The summed E-state index contributed by atoms with van der Waals surface area (Å²) < 4.78 is 40.7. The van der Waals surface area contributed by atoms with Crippen LogP contribution in [-0.4, -0.2) is 38.2 Å². The average molecular weight is 496 g/mol. The molecular formula is C27H29NO6S.